The number of nitrogens with one attached hydrogen (secondary N) is 1. The fourth-order valence-corrected chi connectivity index (χ4v) is 2.84. The predicted molar refractivity (Wildman–Crippen MR) is 79.0 cm³/mol. The number of nitriles is 1. The third kappa shape index (κ3) is 4.09. The number of carbonyl (C=O) groups is 1. The number of nitrogens with zero attached hydrogens (tertiary/aromatic N) is 1. The standard InChI is InChI=1S/C17H22N2O/c1-13-7-9-14(10-8-13)11-17(20)19-16(12-18)15-5-3-2-4-6-15/h7-10,15-16H,2-6,11H2,1H3,(H,19,20). The zero-order valence-electron chi connectivity index (χ0n) is 12.1. The third-order valence-corrected chi connectivity index (χ3v) is 4.06. The molecule has 0 bridgehead atoms. The Morgan fingerprint density at radius 2 is 1.95 bits per heavy atom. The van der Waals surface area contributed by atoms with Crippen molar-refractivity contribution in [3.05, 3.63) is 35.4 Å². The van der Waals surface area contributed by atoms with Gasteiger partial charge in [0.25, 0.3) is 0 Å². The fraction of sp³-hybridized carbons (Fsp3) is 0.529. The zero-order chi connectivity index (χ0) is 14.4. The predicted octanol–water partition coefficient (Wildman–Crippen LogP) is 3.13. The Kier molecular flexibility index (Phi) is 5.17. The molecule has 1 aromatic carbocycles. The topological polar surface area (TPSA) is 52.9 Å². The van der Waals surface area contributed by atoms with Gasteiger partial charge in [0.2, 0.25) is 5.91 Å². The summed E-state index contributed by atoms with van der Waals surface area (Å²) >= 11 is 0. The second kappa shape index (κ2) is 7.09. The average molecular weight is 270 g/mol. The fourth-order valence-electron chi connectivity index (χ4n) is 2.84. The monoisotopic (exact) mass is 270 g/mol. The van der Waals surface area contributed by atoms with E-state index in [1.54, 1.807) is 0 Å². The summed E-state index contributed by atoms with van der Waals surface area (Å²) in [4.78, 5) is 12.0. The van der Waals surface area contributed by atoms with Gasteiger partial charge in [0.1, 0.15) is 6.04 Å². The molecule has 1 aliphatic carbocycles. The van der Waals surface area contributed by atoms with Crippen molar-refractivity contribution in [2.75, 3.05) is 0 Å². The minimum atomic E-state index is -0.326. The van der Waals surface area contributed by atoms with Gasteiger partial charge >= 0.3 is 0 Å². The van der Waals surface area contributed by atoms with Gasteiger partial charge in [-0.15, -0.1) is 0 Å². The van der Waals surface area contributed by atoms with Crippen molar-refractivity contribution >= 4 is 5.91 Å². The maximum absolute atomic E-state index is 12.0. The van der Waals surface area contributed by atoms with Gasteiger partial charge in [-0.3, -0.25) is 4.79 Å². The highest BCUT2D eigenvalue weighted by molar-refractivity contribution is 5.79. The molecule has 0 aliphatic heterocycles. The highest BCUT2D eigenvalue weighted by Crippen LogP contribution is 2.26. The van der Waals surface area contributed by atoms with E-state index in [4.69, 9.17) is 0 Å². The van der Waals surface area contributed by atoms with E-state index in [9.17, 15) is 10.1 Å². The zero-order valence-corrected chi connectivity index (χ0v) is 12.1. The Morgan fingerprint density at radius 1 is 1.30 bits per heavy atom. The first-order valence-electron chi connectivity index (χ1n) is 7.43. The Hall–Kier alpha value is -1.82. The van der Waals surface area contributed by atoms with Crippen LogP contribution in [0.5, 0.6) is 0 Å². The molecular formula is C17H22N2O. The molecule has 1 fully saturated rings. The van der Waals surface area contributed by atoms with Crippen molar-refractivity contribution in [3.8, 4) is 6.07 Å². The number of amides is 1. The van der Waals surface area contributed by atoms with E-state index in [0.717, 1.165) is 18.4 Å². The lowest BCUT2D eigenvalue weighted by atomic mass is 9.84. The van der Waals surface area contributed by atoms with Crippen molar-refractivity contribution in [1.82, 2.24) is 5.32 Å². The Bertz CT molecular complexity index is 481. The smallest absolute Gasteiger partial charge is 0.225 e. The molecule has 1 amide bonds. The van der Waals surface area contributed by atoms with E-state index in [-0.39, 0.29) is 11.9 Å². The van der Waals surface area contributed by atoms with Gasteiger partial charge in [0, 0.05) is 0 Å². The van der Waals surface area contributed by atoms with E-state index in [2.05, 4.69) is 11.4 Å². The van der Waals surface area contributed by atoms with Gasteiger partial charge in [-0.05, 0) is 31.2 Å². The van der Waals surface area contributed by atoms with Crippen LogP contribution < -0.4 is 5.32 Å². The Balaban J connectivity index is 1.89. The van der Waals surface area contributed by atoms with Gasteiger partial charge in [-0.25, -0.2) is 0 Å². The van der Waals surface area contributed by atoms with Crippen molar-refractivity contribution in [2.45, 2.75) is 51.5 Å². The minimum Gasteiger partial charge on any atom is -0.340 e. The normalized spacial score (nSPS) is 17.2. The van der Waals surface area contributed by atoms with Crippen LogP contribution in [-0.4, -0.2) is 11.9 Å². The van der Waals surface area contributed by atoms with E-state index >= 15 is 0 Å². The molecule has 1 aromatic rings. The second-order valence-corrected chi connectivity index (χ2v) is 5.73. The first-order valence-corrected chi connectivity index (χ1v) is 7.43. The molecule has 0 aromatic heterocycles. The van der Waals surface area contributed by atoms with Crippen LogP contribution in [0.2, 0.25) is 0 Å². The largest absolute Gasteiger partial charge is 0.340 e. The molecule has 3 heteroatoms. The molecule has 1 atom stereocenters. The van der Waals surface area contributed by atoms with Crippen LogP contribution >= 0.6 is 0 Å². The lowest BCUT2D eigenvalue weighted by molar-refractivity contribution is -0.121. The molecule has 1 unspecified atom stereocenters. The first kappa shape index (κ1) is 14.6. The molecule has 3 nitrogen and oxygen atoms in total. The maximum Gasteiger partial charge on any atom is 0.225 e. The maximum atomic E-state index is 12.0. The summed E-state index contributed by atoms with van der Waals surface area (Å²) in [5.74, 6) is 0.279. The molecule has 2 rings (SSSR count). The number of hydrogen-bond acceptors (Lipinski definition) is 2. The highest BCUT2D eigenvalue weighted by Gasteiger charge is 2.24. The van der Waals surface area contributed by atoms with E-state index in [1.165, 1.54) is 24.8 Å². The number of benzene rings is 1. The molecular weight excluding hydrogens is 248 g/mol. The van der Waals surface area contributed by atoms with Crippen LogP contribution in [0.1, 0.15) is 43.2 Å². The summed E-state index contributed by atoms with van der Waals surface area (Å²) in [7, 11) is 0. The molecule has 0 saturated heterocycles. The van der Waals surface area contributed by atoms with Crippen molar-refractivity contribution < 1.29 is 4.79 Å². The molecule has 1 saturated carbocycles. The summed E-state index contributed by atoms with van der Waals surface area (Å²) < 4.78 is 0. The highest BCUT2D eigenvalue weighted by atomic mass is 16.1. The molecule has 0 radical (unpaired) electrons. The van der Waals surface area contributed by atoms with Crippen molar-refractivity contribution in [3.63, 3.8) is 0 Å². The minimum absolute atomic E-state index is 0.0500. The third-order valence-electron chi connectivity index (χ3n) is 4.06. The SMILES string of the molecule is Cc1ccc(CC(=O)NC(C#N)C2CCCCC2)cc1. The number of hydrogen-bond donors (Lipinski definition) is 1. The molecule has 1 N–H and O–H groups in total. The molecule has 0 heterocycles. The van der Waals surface area contributed by atoms with Crippen molar-refractivity contribution in [2.24, 2.45) is 5.92 Å². The molecule has 1 aliphatic rings. The van der Waals surface area contributed by atoms with E-state index < -0.39 is 0 Å². The summed E-state index contributed by atoms with van der Waals surface area (Å²) in [5.41, 5.74) is 2.18. The summed E-state index contributed by atoms with van der Waals surface area (Å²) in [6.45, 7) is 2.03. The van der Waals surface area contributed by atoms with Gasteiger partial charge in [-0.2, -0.15) is 5.26 Å². The van der Waals surface area contributed by atoms with E-state index in [1.807, 2.05) is 31.2 Å². The number of rotatable bonds is 4. The summed E-state index contributed by atoms with van der Waals surface area (Å²) in [5, 5.41) is 12.2. The van der Waals surface area contributed by atoms with Crippen LogP contribution in [0.4, 0.5) is 0 Å². The van der Waals surface area contributed by atoms with Crippen LogP contribution in [0.3, 0.4) is 0 Å². The lowest BCUT2D eigenvalue weighted by Crippen LogP contribution is -2.40. The number of carbonyl (C=O) groups excluding carboxylic acids is 1. The Morgan fingerprint density at radius 3 is 2.55 bits per heavy atom. The average Bonchev–Trinajstić information content (AvgIpc) is 2.48. The molecule has 106 valence electrons. The van der Waals surface area contributed by atoms with Crippen LogP contribution in [0.25, 0.3) is 0 Å². The van der Waals surface area contributed by atoms with E-state index in [0.29, 0.717) is 12.3 Å². The summed E-state index contributed by atoms with van der Waals surface area (Å²) in [6.07, 6.45) is 6.08. The number of aryl methyl sites for hydroxylation is 1. The molecule has 20 heavy (non-hydrogen) atoms. The second-order valence-electron chi connectivity index (χ2n) is 5.73. The summed E-state index contributed by atoms with van der Waals surface area (Å²) in [6, 6.07) is 9.89. The van der Waals surface area contributed by atoms with Crippen LogP contribution in [0, 0.1) is 24.2 Å². The quantitative estimate of drug-likeness (QED) is 0.914. The lowest BCUT2D eigenvalue weighted by Gasteiger charge is -2.26. The van der Waals surface area contributed by atoms with Gasteiger partial charge in [-0.1, -0.05) is 49.1 Å². The van der Waals surface area contributed by atoms with Crippen LogP contribution in [-0.2, 0) is 11.2 Å². The van der Waals surface area contributed by atoms with Gasteiger partial charge in [0.05, 0.1) is 12.5 Å². The van der Waals surface area contributed by atoms with Crippen LogP contribution in [0.15, 0.2) is 24.3 Å². The molecule has 0 spiro atoms. The van der Waals surface area contributed by atoms with Crippen molar-refractivity contribution in [1.29, 1.82) is 5.26 Å². The first-order chi connectivity index (χ1) is 9.69. The Labute approximate surface area is 121 Å². The van der Waals surface area contributed by atoms with Gasteiger partial charge in [0.15, 0.2) is 0 Å². The van der Waals surface area contributed by atoms with Gasteiger partial charge < -0.3 is 5.32 Å².